The average Bonchev–Trinajstić information content (AvgIpc) is 3.29. The number of amides is 1. The molecule has 0 bridgehead atoms. The molecule has 8 heteroatoms. The second-order valence-corrected chi connectivity index (χ2v) is 6.14. The van der Waals surface area contributed by atoms with Crippen LogP contribution in [0.15, 0.2) is 46.3 Å². The Kier molecular flexibility index (Phi) is 5.30. The van der Waals surface area contributed by atoms with Crippen molar-refractivity contribution in [3.63, 3.8) is 0 Å². The van der Waals surface area contributed by atoms with Crippen molar-refractivity contribution in [3.05, 3.63) is 59.0 Å². The Hall–Kier alpha value is -2.87. The fraction of sp³-hybridized carbons (Fsp3) is 0.176. The van der Waals surface area contributed by atoms with Gasteiger partial charge in [0.1, 0.15) is 5.82 Å². The van der Waals surface area contributed by atoms with Crippen LogP contribution in [0.25, 0.3) is 10.7 Å². The topological polar surface area (TPSA) is 85.1 Å². The Balaban J connectivity index is 1.45. The molecule has 0 fully saturated rings. The second-order valence-electron chi connectivity index (χ2n) is 5.20. The van der Waals surface area contributed by atoms with Gasteiger partial charge in [0.15, 0.2) is 5.78 Å². The molecule has 0 aliphatic heterocycles. The van der Waals surface area contributed by atoms with Crippen molar-refractivity contribution in [3.8, 4) is 10.7 Å². The molecule has 0 saturated carbocycles. The fourth-order valence-electron chi connectivity index (χ4n) is 2.10. The minimum atomic E-state index is -0.407. The zero-order chi connectivity index (χ0) is 17.6. The first-order valence-corrected chi connectivity index (χ1v) is 8.42. The van der Waals surface area contributed by atoms with Gasteiger partial charge in [-0.05, 0) is 35.7 Å². The molecule has 0 spiro atoms. The monoisotopic (exact) mass is 359 g/mol. The Morgan fingerprint density at radius 1 is 1.16 bits per heavy atom. The van der Waals surface area contributed by atoms with Crippen molar-refractivity contribution in [2.75, 3.05) is 0 Å². The normalized spacial score (nSPS) is 10.6. The van der Waals surface area contributed by atoms with Gasteiger partial charge in [-0.15, -0.1) is 11.3 Å². The van der Waals surface area contributed by atoms with Gasteiger partial charge in [-0.25, -0.2) is 4.39 Å². The summed E-state index contributed by atoms with van der Waals surface area (Å²) in [5, 5.41) is 8.38. The molecule has 0 aliphatic rings. The molecule has 2 aromatic heterocycles. The molecule has 1 aromatic carbocycles. The number of carbonyl (C=O) groups is 2. The van der Waals surface area contributed by atoms with Crippen LogP contribution in [0.1, 0.15) is 29.1 Å². The summed E-state index contributed by atoms with van der Waals surface area (Å²) < 4.78 is 17.9. The van der Waals surface area contributed by atoms with E-state index in [1.807, 2.05) is 17.5 Å². The summed E-state index contributed by atoms with van der Waals surface area (Å²) in [5.74, 6) is -0.151. The van der Waals surface area contributed by atoms with Crippen molar-refractivity contribution in [2.24, 2.45) is 0 Å². The van der Waals surface area contributed by atoms with Crippen LogP contribution in [-0.4, -0.2) is 21.8 Å². The lowest BCUT2D eigenvalue weighted by Crippen LogP contribution is -2.23. The molecule has 25 heavy (non-hydrogen) atoms. The zero-order valence-electron chi connectivity index (χ0n) is 13.1. The smallest absolute Gasteiger partial charge is 0.246 e. The molecule has 1 amide bonds. The first-order chi connectivity index (χ1) is 12.1. The van der Waals surface area contributed by atoms with E-state index in [0.29, 0.717) is 17.3 Å². The minimum Gasteiger partial charge on any atom is -0.347 e. The molecular weight excluding hydrogens is 345 g/mol. The van der Waals surface area contributed by atoms with Gasteiger partial charge in [0.2, 0.25) is 17.6 Å². The number of hydrogen-bond acceptors (Lipinski definition) is 6. The van der Waals surface area contributed by atoms with Gasteiger partial charge in [-0.2, -0.15) is 4.98 Å². The van der Waals surface area contributed by atoms with E-state index in [-0.39, 0.29) is 31.1 Å². The van der Waals surface area contributed by atoms with Crippen LogP contribution >= 0.6 is 11.3 Å². The summed E-state index contributed by atoms with van der Waals surface area (Å²) >= 11 is 1.49. The van der Waals surface area contributed by atoms with Crippen LogP contribution in [-0.2, 0) is 11.3 Å². The van der Waals surface area contributed by atoms with E-state index in [4.69, 9.17) is 4.52 Å². The van der Waals surface area contributed by atoms with Crippen molar-refractivity contribution >= 4 is 23.0 Å². The van der Waals surface area contributed by atoms with Gasteiger partial charge in [-0.1, -0.05) is 11.2 Å². The molecule has 0 saturated heterocycles. The van der Waals surface area contributed by atoms with Gasteiger partial charge in [0.05, 0.1) is 11.4 Å². The SMILES string of the molecule is O=C(CCC(=O)c1ccc(F)cc1)NCc1nc(-c2cccs2)no1. The van der Waals surface area contributed by atoms with Crippen LogP contribution in [0, 0.1) is 5.82 Å². The number of nitrogens with zero attached hydrogens (tertiary/aromatic N) is 2. The molecule has 3 aromatic rings. The van der Waals surface area contributed by atoms with E-state index in [0.717, 1.165) is 4.88 Å². The zero-order valence-corrected chi connectivity index (χ0v) is 13.9. The highest BCUT2D eigenvalue weighted by atomic mass is 32.1. The van der Waals surface area contributed by atoms with Crippen LogP contribution in [0.4, 0.5) is 4.39 Å². The maximum Gasteiger partial charge on any atom is 0.246 e. The number of halogens is 1. The highest BCUT2D eigenvalue weighted by molar-refractivity contribution is 7.13. The molecule has 0 radical (unpaired) electrons. The van der Waals surface area contributed by atoms with E-state index in [9.17, 15) is 14.0 Å². The number of nitrogens with one attached hydrogen (secondary N) is 1. The summed E-state index contributed by atoms with van der Waals surface area (Å²) in [7, 11) is 0. The molecule has 1 N–H and O–H groups in total. The first kappa shape index (κ1) is 17.0. The molecular formula is C17H14FN3O3S. The van der Waals surface area contributed by atoms with Gasteiger partial charge < -0.3 is 9.84 Å². The largest absolute Gasteiger partial charge is 0.347 e. The van der Waals surface area contributed by atoms with Gasteiger partial charge in [0, 0.05) is 18.4 Å². The van der Waals surface area contributed by atoms with E-state index in [2.05, 4.69) is 15.5 Å². The standard InChI is InChI=1S/C17H14FN3O3S/c18-12-5-3-11(4-6-12)13(22)7-8-15(23)19-10-16-20-17(21-24-16)14-2-1-9-25-14/h1-6,9H,7-8,10H2,(H,19,23). The predicted octanol–water partition coefficient (Wildman–Crippen LogP) is 3.22. The predicted molar refractivity (Wildman–Crippen MR) is 89.4 cm³/mol. The van der Waals surface area contributed by atoms with Crippen molar-refractivity contribution in [2.45, 2.75) is 19.4 Å². The second kappa shape index (κ2) is 7.80. The summed E-state index contributed by atoms with van der Waals surface area (Å²) in [4.78, 5) is 28.8. The summed E-state index contributed by atoms with van der Waals surface area (Å²) in [6.45, 7) is 0.0992. The third-order valence-corrected chi connectivity index (χ3v) is 4.26. The summed E-state index contributed by atoms with van der Waals surface area (Å²) in [6.07, 6.45) is 0.0733. The Morgan fingerprint density at radius 3 is 2.68 bits per heavy atom. The maximum atomic E-state index is 12.8. The van der Waals surface area contributed by atoms with Gasteiger partial charge in [0.25, 0.3) is 0 Å². The average molecular weight is 359 g/mol. The van der Waals surface area contributed by atoms with Crippen molar-refractivity contribution in [1.29, 1.82) is 0 Å². The minimum absolute atomic E-state index is 0.0299. The number of rotatable bonds is 7. The first-order valence-electron chi connectivity index (χ1n) is 7.54. The lowest BCUT2D eigenvalue weighted by molar-refractivity contribution is -0.121. The van der Waals surface area contributed by atoms with E-state index < -0.39 is 5.82 Å². The molecule has 3 rings (SSSR count). The Morgan fingerprint density at radius 2 is 1.96 bits per heavy atom. The Labute approximate surface area is 146 Å². The van der Waals surface area contributed by atoms with Gasteiger partial charge >= 0.3 is 0 Å². The van der Waals surface area contributed by atoms with Crippen LogP contribution in [0.5, 0.6) is 0 Å². The van der Waals surface area contributed by atoms with Crippen molar-refractivity contribution in [1.82, 2.24) is 15.5 Å². The highest BCUT2D eigenvalue weighted by Gasteiger charge is 2.12. The Bertz CT molecular complexity index is 860. The molecule has 128 valence electrons. The summed E-state index contributed by atoms with van der Waals surface area (Å²) in [6, 6.07) is 9.00. The number of ketones is 1. The number of carbonyl (C=O) groups excluding carboxylic acids is 2. The van der Waals surface area contributed by atoms with E-state index >= 15 is 0 Å². The quantitative estimate of drug-likeness (QED) is 0.655. The lowest BCUT2D eigenvalue weighted by Gasteiger charge is -2.02. The maximum absolute atomic E-state index is 12.8. The fourth-order valence-corrected chi connectivity index (χ4v) is 2.75. The van der Waals surface area contributed by atoms with Crippen LogP contribution in [0.2, 0.25) is 0 Å². The number of hydrogen-bond donors (Lipinski definition) is 1. The lowest BCUT2D eigenvalue weighted by atomic mass is 10.1. The molecule has 2 heterocycles. The molecule has 0 atom stereocenters. The molecule has 0 aliphatic carbocycles. The van der Waals surface area contributed by atoms with Gasteiger partial charge in [-0.3, -0.25) is 9.59 Å². The third-order valence-electron chi connectivity index (χ3n) is 3.39. The van der Waals surface area contributed by atoms with E-state index in [1.54, 1.807) is 0 Å². The van der Waals surface area contributed by atoms with E-state index in [1.165, 1.54) is 35.6 Å². The van der Waals surface area contributed by atoms with Crippen LogP contribution in [0.3, 0.4) is 0 Å². The number of Topliss-reactive ketones (excluding diaryl/α,β-unsaturated/α-hetero) is 1. The highest BCUT2D eigenvalue weighted by Crippen LogP contribution is 2.21. The number of aromatic nitrogens is 2. The van der Waals surface area contributed by atoms with Crippen LogP contribution < -0.4 is 5.32 Å². The molecule has 0 unspecified atom stereocenters. The number of thiophene rings is 1. The summed E-state index contributed by atoms with van der Waals surface area (Å²) in [5.41, 5.74) is 0.381. The van der Waals surface area contributed by atoms with Crippen molar-refractivity contribution < 1.29 is 18.5 Å². The number of benzene rings is 1. The third kappa shape index (κ3) is 4.57. The molecule has 6 nitrogen and oxygen atoms in total.